The summed E-state index contributed by atoms with van der Waals surface area (Å²) in [6.45, 7) is 4.73. The molecule has 90 valence electrons. The van der Waals surface area contributed by atoms with Crippen molar-refractivity contribution in [2.45, 2.75) is 64.0 Å². The first-order valence-electron chi connectivity index (χ1n) is 6.04. The van der Waals surface area contributed by atoms with Gasteiger partial charge in [-0.2, -0.15) is 12.6 Å². The van der Waals surface area contributed by atoms with Gasteiger partial charge in [0, 0.05) is 11.7 Å². The average Bonchev–Trinajstić information content (AvgIpc) is 2.22. The van der Waals surface area contributed by atoms with Crippen molar-refractivity contribution in [1.29, 1.82) is 0 Å². The summed E-state index contributed by atoms with van der Waals surface area (Å²) in [7, 11) is 0. The molecule has 0 heterocycles. The maximum Gasteiger partial charge on any atom is 0.305 e. The molecule has 0 saturated heterocycles. The van der Waals surface area contributed by atoms with Gasteiger partial charge in [-0.3, -0.25) is 4.79 Å². The van der Waals surface area contributed by atoms with Gasteiger partial charge in [-0.15, -0.1) is 0 Å². The highest BCUT2D eigenvalue weighted by Crippen LogP contribution is 2.12. The molecule has 0 saturated carbocycles. The third-order valence-corrected chi connectivity index (χ3v) is 2.81. The van der Waals surface area contributed by atoms with Gasteiger partial charge in [0.05, 0.1) is 6.61 Å². The maximum absolute atomic E-state index is 11.0. The summed E-state index contributed by atoms with van der Waals surface area (Å²) in [6, 6.07) is 0. The van der Waals surface area contributed by atoms with E-state index in [4.69, 9.17) is 4.74 Å². The second-order valence-corrected chi connectivity index (χ2v) is 4.64. The first kappa shape index (κ1) is 14.8. The summed E-state index contributed by atoms with van der Waals surface area (Å²) in [4.78, 5) is 11.0. The Balaban J connectivity index is 3.26. The molecule has 0 spiro atoms. The van der Waals surface area contributed by atoms with Crippen molar-refractivity contribution in [1.82, 2.24) is 0 Å². The number of carbonyl (C=O) groups excluding carboxylic acids is 1. The van der Waals surface area contributed by atoms with Gasteiger partial charge in [0.25, 0.3) is 0 Å². The summed E-state index contributed by atoms with van der Waals surface area (Å²) < 4.78 is 5.06. The van der Waals surface area contributed by atoms with Crippen molar-refractivity contribution >= 4 is 18.6 Å². The Kier molecular flexibility index (Phi) is 10.2. The molecule has 0 bridgehead atoms. The standard InChI is InChI=1S/C12H24O2S/c1-3-5-8-11(15)9-6-10-14-12(13)7-4-2/h11,15H,3-10H2,1-2H3. The predicted octanol–water partition coefficient (Wildman–Crippen LogP) is 3.60. The summed E-state index contributed by atoms with van der Waals surface area (Å²) >= 11 is 4.49. The van der Waals surface area contributed by atoms with Crippen LogP contribution in [0.2, 0.25) is 0 Å². The molecule has 0 amide bonds. The highest BCUT2D eigenvalue weighted by atomic mass is 32.1. The van der Waals surface area contributed by atoms with E-state index in [1.807, 2.05) is 6.92 Å². The van der Waals surface area contributed by atoms with Crippen molar-refractivity contribution < 1.29 is 9.53 Å². The molecule has 1 atom stereocenters. The van der Waals surface area contributed by atoms with Crippen molar-refractivity contribution in [2.75, 3.05) is 6.61 Å². The number of rotatable bonds is 9. The highest BCUT2D eigenvalue weighted by Gasteiger charge is 2.04. The van der Waals surface area contributed by atoms with E-state index in [1.54, 1.807) is 0 Å². The van der Waals surface area contributed by atoms with Gasteiger partial charge in [0.2, 0.25) is 0 Å². The van der Waals surface area contributed by atoms with Gasteiger partial charge in [-0.1, -0.05) is 26.7 Å². The second-order valence-electron chi connectivity index (χ2n) is 3.91. The van der Waals surface area contributed by atoms with E-state index < -0.39 is 0 Å². The molecule has 0 aliphatic heterocycles. The van der Waals surface area contributed by atoms with Gasteiger partial charge in [0.15, 0.2) is 0 Å². The number of hydrogen-bond donors (Lipinski definition) is 1. The minimum Gasteiger partial charge on any atom is -0.466 e. The molecule has 0 N–H and O–H groups in total. The third-order valence-electron chi connectivity index (χ3n) is 2.29. The van der Waals surface area contributed by atoms with Crippen LogP contribution in [-0.4, -0.2) is 17.8 Å². The number of unbranched alkanes of at least 4 members (excludes halogenated alkanes) is 1. The van der Waals surface area contributed by atoms with E-state index in [1.165, 1.54) is 19.3 Å². The topological polar surface area (TPSA) is 26.3 Å². The van der Waals surface area contributed by atoms with Gasteiger partial charge in [-0.25, -0.2) is 0 Å². The first-order chi connectivity index (χ1) is 7.20. The molecule has 0 aromatic heterocycles. The predicted molar refractivity (Wildman–Crippen MR) is 67.4 cm³/mol. The fraction of sp³-hybridized carbons (Fsp3) is 0.917. The van der Waals surface area contributed by atoms with E-state index in [0.717, 1.165) is 19.3 Å². The van der Waals surface area contributed by atoms with E-state index in [0.29, 0.717) is 18.3 Å². The van der Waals surface area contributed by atoms with E-state index in [2.05, 4.69) is 19.6 Å². The maximum atomic E-state index is 11.0. The first-order valence-corrected chi connectivity index (χ1v) is 6.56. The van der Waals surface area contributed by atoms with Gasteiger partial charge >= 0.3 is 5.97 Å². The lowest BCUT2D eigenvalue weighted by Gasteiger charge is -2.09. The van der Waals surface area contributed by atoms with Crippen molar-refractivity contribution in [3.05, 3.63) is 0 Å². The molecular weight excluding hydrogens is 208 g/mol. The lowest BCUT2D eigenvalue weighted by molar-refractivity contribution is -0.143. The second kappa shape index (κ2) is 10.3. The normalized spacial score (nSPS) is 12.5. The molecular formula is C12H24O2S. The summed E-state index contributed by atoms with van der Waals surface area (Å²) in [6.07, 6.45) is 7.02. The fourth-order valence-corrected chi connectivity index (χ4v) is 1.73. The third kappa shape index (κ3) is 10.1. The average molecular weight is 232 g/mol. The van der Waals surface area contributed by atoms with Crippen LogP contribution in [0.25, 0.3) is 0 Å². The van der Waals surface area contributed by atoms with Crippen LogP contribution in [0.4, 0.5) is 0 Å². The SMILES string of the molecule is CCCCC(S)CCCOC(=O)CCC. The Hall–Kier alpha value is -0.180. The lowest BCUT2D eigenvalue weighted by atomic mass is 10.1. The van der Waals surface area contributed by atoms with Crippen LogP contribution in [0.15, 0.2) is 0 Å². The van der Waals surface area contributed by atoms with Crippen LogP contribution < -0.4 is 0 Å². The minimum atomic E-state index is -0.0678. The number of thiol groups is 1. The zero-order valence-corrected chi connectivity index (χ0v) is 10.9. The Labute approximate surface area is 99.2 Å². The zero-order valence-electron chi connectivity index (χ0n) is 10.00. The molecule has 2 nitrogen and oxygen atoms in total. The lowest BCUT2D eigenvalue weighted by Crippen LogP contribution is -2.07. The van der Waals surface area contributed by atoms with Gasteiger partial charge in [0.1, 0.15) is 0 Å². The molecule has 0 aliphatic carbocycles. The van der Waals surface area contributed by atoms with E-state index in [-0.39, 0.29) is 5.97 Å². The number of carbonyl (C=O) groups is 1. The number of hydrogen-bond acceptors (Lipinski definition) is 3. The van der Waals surface area contributed by atoms with Crippen molar-refractivity contribution in [2.24, 2.45) is 0 Å². The Morgan fingerprint density at radius 2 is 1.87 bits per heavy atom. The van der Waals surface area contributed by atoms with Crippen LogP contribution in [0, 0.1) is 0 Å². The Morgan fingerprint density at radius 1 is 1.20 bits per heavy atom. The molecule has 0 fully saturated rings. The van der Waals surface area contributed by atoms with E-state index >= 15 is 0 Å². The number of ether oxygens (including phenoxy) is 1. The molecule has 0 radical (unpaired) electrons. The molecule has 0 rings (SSSR count). The largest absolute Gasteiger partial charge is 0.466 e. The molecule has 15 heavy (non-hydrogen) atoms. The molecule has 0 aromatic carbocycles. The monoisotopic (exact) mass is 232 g/mol. The van der Waals surface area contributed by atoms with E-state index in [9.17, 15) is 4.79 Å². The van der Waals surface area contributed by atoms with Crippen LogP contribution in [0.1, 0.15) is 58.8 Å². The van der Waals surface area contributed by atoms with Crippen LogP contribution in [-0.2, 0) is 9.53 Å². The molecule has 0 aliphatic rings. The summed E-state index contributed by atoms with van der Waals surface area (Å²) in [5.74, 6) is -0.0678. The molecule has 0 aromatic rings. The molecule has 3 heteroatoms. The van der Waals surface area contributed by atoms with Crippen LogP contribution in [0.3, 0.4) is 0 Å². The zero-order chi connectivity index (χ0) is 11.5. The smallest absolute Gasteiger partial charge is 0.305 e. The summed E-state index contributed by atoms with van der Waals surface area (Å²) in [5, 5.41) is 0.467. The van der Waals surface area contributed by atoms with Crippen molar-refractivity contribution in [3.63, 3.8) is 0 Å². The summed E-state index contributed by atoms with van der Waals surface area (Å²) in [5.41, 5.74) is 0. The highest BCUT2D eigenvalue weighted by molar-refractivity contribution is 7.80. The Bertz CT molecular complexity index is 160. The molecule has 1 unspecified atom stereocenters. The minimum absolute atomic E-state index is 0.0678. The van der Waals surface area contributed by atoms with Crippen molar-refractivity contribution in [3.8, 4) is 0 Å². The quantitative estimate of drug-likeness (QED) is 0.373. The fourth-order valence-electron chi connectivity index (χ4n) is 1.37. The van der Waals surface area contributed by atoms with Crippen LogP contribution >= 0.6 is 12.6 Å². The van der Waals surface area contributed by atoms with Gasteiger partial charge in [-0.05, 0) is 25.7 Å². The van der Waals surface area contributed by atoms with Crippen LogP contribution in [0.5, 0.6) is 0 Å². The number of esters is 1. The Morgan fingerprint density at radius 3 is 2.47 bits per heavy atom. The van der Waals surface area contributed by atoms with Gasteiger partial charge < -0.3 is 4.74 Å².